The molecule has 154 valence electrons. The molecule has 0 radical (unpaired) electrons. The van der Waals surface area contributed by atoms with Crippen LogP contribution in [0.2, 0.25) is 0 Å². The minimum Gasteiger partial charge on any atom is -0.457 e. The van der Waals surface area contributed by atoms with Crippen molar-refractivity contribution in [2.45, 2.75) is 19.1 Å². The number of rotatable bonds is 8. The van der Waals surface area contributed by atoms with Crippen molar-refractivity contribution in [3.63, 3.8) is 0 Å². The minimum atomic E-state index is -0.367. The summed E-state index contributed by atoms with van der Waals surface area (Å²) in [6.07, 6.45) is 0. The van der Waals surface area contributed by atoms with Gasteiger partial charge in [0.1, 0.15) is 11.5 Å². The molecule has 0 aliphatic rings. The highest BCUT2D eigenvalue weighted by Gasteiger charge is 2.15. The van der Waals surface area contributed by atoms with Crippen molar-refractivity contribution in [2.75, 3.05) is 16.4 Å². The molecule has 30 heavy (non-hydrogen) atoms. The van der Waals surface area contributed by atoms with Crippen LogP contribution in [-0.4, -0.2) is 22.8 Å². The summed E-state index contributed by atoms with van der Waals surface area (Å²) in [6.45, 7) is 3.78. The van der Waals surface area contributed by atoms with Crippen LogP contribution in [0.15, 0.2) is 78.9 Å². The molecular formula is C24H24N2O3S. The third-order valence-corrected chi connectivity index (χ3v) is 5.41. The summed E-state index contributed by atoms with van der Waals surface area (Å²) in [6, 6.07) is 24.3. The first kappa shape index (κ1) is 21.5. The summed E-state index contributed by atoms with van der Waals surface area (Å²) in [4.78, 5) is 24.5. The molecule has 0 saturated carbocycles. The average Bonchev–Trinajstić information content (AvgIpc) is 2.76. The van der Waals surface area contributed by atoms with Crippen molar-refractivity contribution in [3.8, 4) is 11.5 Å². The van der Waals surface area contributed by atoms with Gasteiger partial charge in [0.2, 0.25) is 11.8 Å². The Bertz CT molecular complexity index is 974. The number of carbonyl (C=O) groups is 2. The molecule has 0 fully saturated rings. The van der Waals surface area contributed by atoms with Gasteiger partial charge < -0.3 is 15.4 Å². The number of ether oxygens (including phenoxy) is 1. The first-order chi connectivity index (χ1) is 14.5. The van der Waals surface area contributed by atoms with Crippen LogP contribution in [0, 0.1) is 6.92 Å². The topological polar surface area (TPSA) is 67.4 Å². The number of carbonyl (C=O) groups excluding carboxylic acids is 2. The molecule has 0 bridgehead atoms. The van der Waals surface area contributed by atoms with Crippen LogP contribution in [0.3, 0.4) is 0 Å². The van der Waals surface area contributed by atoms with Crippen LogP contribution in [0.1, 0.15) is 12.5 Å². The Kier molecular flexibility index (Phi) is 7.51. The molecule has 1 atom stereocenters. The number of anilines is 2. The summed E-state index contributed by atoms with van der Waals surface area (Å²) in [5.41, 5.74) is 2.56. The highest BCUT2D eigenvalue weighted by molar-refractivity contribution is 8.01. The molecule has 2 amide bonds. The highest BCUT2D eigenvalue weighted by Crippen LogP contribution is 2.23. The number of hydrogen-bond donors (Lipinski definition) is 2. The first-order valence-corrected chi connectivity index (χ1v) is 10.7. The Labute approximate surface area is 180 Å². The SMILES string of the molecule is Cc1ccc(NC(=O)CS[C@@H](C)C(=O)Nc2ccc(Oc3ccccc3)cc2)cc1. The van der Waals surface area contributed by atoms with Gasteiger partial charge in [-0.2, -0.15) is 0 Å². The average molecular weight is 421 g/mol. The van der Waals surface area contributed by atoms with Crippen molar-refractivity contribution in [1.82, 2.24) is 0 Å². The smallest absolute Gasteiger partial charge is 0.237 e. The molecule has 0 aliphatic heterocycles. The maximum atomic E-state index is 12.4. The second-order valence-electron chi connectivity index (χ2n) is 6.80. The van der Waals surface area contributed by atoms with Crippen LogP contribution in [0.4, 0.5) is 11.4 Å². The number of thioether (sulfide) groups is 1. The van der Waals surface area contributed by atoms with E-state index in [1.165, 1.54) is 11.8 Å². The van der Waals surface area contributed by atoms with E-state index in [-0.39, 0.29) is 22.8 Å². The zero-order valence-electron chi connectivity index (χ0n) is 16.9. The van der Waals surface area contributed by atoms with Crippen LogP contribution >= 0.6 is 11.8 Å². The fourth-order valence-corrected chi connectivity index (χ4v) is 3.27. The van der Waals surface area contributed by atoms with Gasteiger partial charge in [0.15, 0.2) is 0 Å². The van der Waals surface area contributed by atoms with E-state index in [4.69, 9.17) is 4.74 Å². The molecule has 0 spiro atoms. The van der Waals surface area contributed by atoms with E-state index in [2.05, 4.69) is 10.6 Å². The fraction of sp³-hybridized carbons (Fsp3) is 0.167. The number of para-hydroxylation sites is 1. The number of benzene rings is 3. The molecule has 0 unspecified atom stereocenters. The van der Waals surface area contributed by atoms with Gasteiger partial charge in [-0.25, -0.2) is 0 Å². The molecule has 0 saturated heterocycles. The first-order valence-electron chi connectivity index (χ1n) is 9.61. The van der Waals surface area contributed by atoms with Crippen molar-refractivity contribution in [2.24, 2.45) is 0 Å². The standard InChI is InChI=1S/C24H24N2O3S/c1-17-8-10-19(11-9-17)25-23(27)16-30-18(2)24(28)26-20-12-14-22(15-13-20)29-21-6-4-3-5-7-21/h3-15,18H,16H2,1-2H3,(H,25,27)(H,26,28)/t18-/m0/s1. The maximum absolute atomic E-state index is 12.4. The molecule has 0 heterocycles. The van der Waals surface area contributed by atoms with E-state index in [1.54, 1.807) is 31.2 Å². The Hall–Kier alpha value is -3.25. The normalized spacial score (nSPS) is 11.4. The Morgan fingerprint density at radius 1 is 0.833 bits per heavy atom. The van der Waals surface area contributed by atoms with Gasteiger partial charge in [-0.05, 0) is 62.4 Å². The molecule has 6 heteroatoms. The predicted octanol–water partition coefficient (Wildman–Crippen LogP) is 5.49. The Morgan fingerprint density at radius 3 is 2.07 bits per heavy atom. The Morgan fingerprint density at radius 2 is 1.40 bits per heavy atom. The molecule has 3 rings (SSSR count). The van der Waals surface area contributed by atoms with E-state index in [0.29, 0.717) is 11.4 Å². The highest BCUT2D eigenvalue weighted by atomic mass is 32.2. The number of amides is 2. The summed E-state index contributed by atoms with van der Waals surface area (Å²) in [7, 11) is 0. The largest absolute Gasteiger partial charge is 0.457 e. The fourth-order valence-electron chi connectivity index (χ4n) is 2.59. The Balaban J connectivity index is 1.44. The lowest BCUT2D eigenvalue weighted by Gasteiger charge is -2.13. The van der Waals surface area contributed by atoms with Gasteiger partial charge in [0, 0.05) is 11.4 Å². The van der Waals surface area contributed by atoms with Gasteiger partial charge >= 0.3 is 0 Å². The zero-order valence-corrected chi connectivity index (χ0v) is 17.7. The van der Waals surface area contributed by atoms with Crippen molar-refractivity contribution >= 4 is 35.0 Å². The van der Waals surface area contributed by atoms with Crippen molar-refractivity contribution < 1.29 is 14.3 Å². The van der Waals surface area contributed by atoms with Crippen LogP contribution in [0.25, 0.3) is 0 Å². The maximum Gasteiger partial charge on any atom is 0.237 e. The van der Waals surface area contributed by atoms with Crippen molar-refractivity contribution in [1.29, 1.82) is 0 Å². The van der Waals surface area contributed by atoms with E-state index in [0.717, 1.165) is 17.0 Å². The second-order valence-corrected chi connectivity index (χ2v) is 8.13. The quantitative estimate of drug-likeness (QED) is 0.506. The molecule has 2 N–H and O–H groups in total. The summed E-state index contributed by atoms with van der Waals surface area (Å²) in [5, 5.41) is 5.33. The lowest BCUT2D eigenvalue weighted by molar-refractivity contribution is -0.115. The molecule has 5 nitrogen and oxygen atoms in total. The van der Waals surface area contributed by atoms with Gasteiger partial charge in [-0.3, -0.25) is 9.59 Å². The van der Waals surface area contributed by atoms with E-state index >= 15 is 0 Å². The van der Waals surface area contributed by atoms with E-state index in [1.807, 2.05) is 61.5 Å². The number of hydrogen-bond acceptors (Lipinski definition) is 4. The van der Waals surface area contributed by atoms with Gasteiger partial charge in [0.25, 0.3) is 0 Å². The summed E-state index contributed by atoms with van der Waals surface area (Å²) >= 11 is 1.29. The third kappa shape index (κ3) is 6.67. The minimum absolute atomic E-state index is 0.133. The van der Waals surface area contributed by atoms with E-state index in [9.17, 15) is 9.59 Å². The van der Waals surface area contributed by atoms with Gasteiger partial charge in [-0.15, -0.1) is 11.8 Å². The second kappa shape index (κ2) is 10.5. The molecule has 3 aromatic carbocycles. The molecule has 0 aromatic heterocycles. The van der Waals surface area contributed by atoms with Gasteiger partial charge in [0.05, 0.1) is 11.0 Å². The molecule has 3 aromatic rings. The summed E-state index contributed by atoms with van der Waals surface area (Å²) in [5.74, 6) is 1.36. The van der Waals surface area contributed by atoms with Gasteiger partial charge in [-0.1, -0.05) is 35.9 Å². The monoisotopic (exact) mass is 420 g/mol. The van der Waals surface area contributed by atoms with Crippen LogP contribution in [0.5, 0.6) is 11.5 Å². The lowest BCUT2D eigenvalue weighted by Crippen LogP contribution is -2.25. The molecule has 0 aliphatic carbocycles. The van der Waals surface area contributed by atoms with Crippen LogP contribution < -0.4 is 15.4 Å². The third-order valence-electron chi connectivity index (χ3n) is 4.27. The summed E-state index contributed by atoms with van der Waals surface area (Å²) < 4.78 is 5.74. The number of aryl methyl sites for hydroxylation is 1. The number of nitrogens with one attached hydrogen (secondary N) is 2. The predicted molar refractivity (Wildman–Crippen MR) is 123 cm³/mol. The zero-order chi connectivity index (χ0) is 21.3. The van der Waals surface area contributed by atoms with Crippen LogP contribution in [-0.2, 0) is 9.59 Å². The lowest BCUT2D eigenvalue weighted by atomic mass is 10.2. The van der Waals surface area contributed by atoms with Crippen molar-refractivity contribution in [3.05, 3.63) is 84.4 Å². The molecular weight excluding hydrogens is 396 g/mol. The van der Waals surface area contributed by atoms with E-state index < -0.39 is 0 Å².